The van der Waals surface area contributed by atoms with Crippen molar-refractivity contribution in [2.75, 3.05) is 32.7 Å². The second kappa shape index (κ2) is 4.00. The number of carboxylic acid groups (broad SMARTS) is 1. The summed E-state index contributed by atoms with van der Waals surface area (Å²) in [5, 5.41) is 9.02. The van der Waals surface area contributed by atoms with E-state index < -0.39 is 5.97 Å². The summed E-state index contributed by atoms with van der Waals surface area (Å²) < 4.78 is 0. The molecule has 0 aromatic rings. The van der Waals surface area contributed by atoms with E-state index in [4.69, 9.17) is 5.11 Å². The number of likely N-dealkylation sites (tertiary alicyclic amines) is 1. The van der Waals surface area contributed by atoms with Gasteiger partial charge >= 0.3 is 5.97 Å². The number of hydrogen-bond donors (Lipinski definition) is 1. The minimum atomic E-state index is -0.608. The van der Waals surface area contributed by atoms with Crippen LogP contribution in [0, 0.1) is 11.8 Å². The fraction of sp³-hybridized carbons (Fsp3) is 0.917. The highest BCUT2D eigenvalue weighted by atomic mass is 16.4. The molecule has 1 N–H and O–H groups in total. The fourth-order valence-electron chi connectivity index (χ4n) is 3.64. The Balaban J connectivity index is 1.64. The molecule has 2 bridgehead atoms. The molecular weight excluding hydrogens is 204 g/mol. The lowest BCUT2D eigenvalue weighted by molar-refractivity contribution is -0.141. The highest BCUT2D eigenvalue weighted by molar-refractivity contribution is 5.70. The smallest absolute Gasteiger partial charge is 0.307 e. The Morgan fingerprint density at radius 1 is 1.06 bits per heavy atom. The second-order valence-corrected chi connectivity index (χ2v) is 5.52. The number of nitrogens with zero attached hydrogens (tertiary/aromatic N) is 2. The van der Waals surface area contributed by atoms with Gasteiger partial charge in [0.25, 0.3) is 0 Å². The monoisotopic (exact) mass is 224 g/mol. The Morgan fingerprint density at radius 3 is 2.31 bits per heavy atom. The van der Waals surface area contributed by atoms with Crippen LogP contribution in [-0.2, 0) is 4.79 Å². The third-order valence-corrected chi connectivity index (χ3v) is 4.66. The standard InChI is InChI=1S/C12H20N2O2/c15-12(16)10-3-6-14(7-10)11-8-13-4-1-9(11)2-5-13/h9-11H,1-8H2,(H,15,16). The number of fused-ring (bicyclic) bond motifs is 3. The highest BCUT2D eigenvalue weighted by Crippen LogP contribution is 2.33. The van der Waals surface area contributed by atoms with Crippen LogP contribution in [0.15, 0.2) is 0 Å². The summed E-state index contributed by atoms with van der Waals surface area (Å²) in [5.74, 6) is 0.108. The molecule has 0 spiro atoms. The molecule has 0 aliphatic carbocycles. The van der Waals surface area contributed by atoms with Crippen molar-refractivity contribution in [3.8, 4) is 0 Å². The van der Waals surface area contributed by atoms with Crippen molar-refractivity contribution in [3.05, 3.63) is 0 Å². The first kappa shape index (κ1) is 10.5. The maximum Gasteiger partial charge on any atom is 0.307 e. The molecule has 2 unspecified atom stereocenters. The number of aliphatic carboxylic acids is 1. The molecule has 0 amide bonds. The zero-order valence-corrected chi connectivity index (χ0v) is 9.64. The van der Waals surface area contributed by atoms with Gasteiger partial charge in [0, 0.05) is 19.1 Å². The summed E-state index contributed by atoms with van der Waals surface area (Å²) in [6.07, 6.45) is 3.48. The van der Waals surface area contributed by atoms with Gasteiger partial charge in [-0.15, -0.1) is 0 Å². The number of piperidine rings is 3. The summed E-state index contributed by atoms with van der Waals surface area (Å²) in [7, 11) is 0. The molecule has 4 heteroatoms. The molecule has 0 aromatic carbocycles. The predicted molar refractivity (Wildman–Crippen MR) is 60.3 cm³/mol. The van der Waals surface area contributed by atoms with Crippen molar-refractivity contribution in [2.45, 2.75) is 25.3 Å². The minimum Gasteiger partial charge on any atom is -0.481 e. The third-order valence-electron chi connectivity index (χ3n) is 4.66. The summed E-state index contributed by atoms with van der Waals surface area (Å²) in [5.41, 5.74) is 0. The van der Waals surface area contributed by atoms with Crippen molar-refractivity contribution in [1.82, 2.24) is 9.80 Å². The lowest BCUT2D eigenvalue weighted by atomic mass is 9.83. The normalized spacial score (nSPS) is 43.8. The van der Waals surface area contributed by atoms with Crippen molar-refractivity contribution in [1.29, 1.82) is 0 Å². The van der Waals surface area contributed by atoms with Gasteiger partial charge in [0.15, 0.2) is 0 Å². The predicted octanol–water partition coefficient (Wildman–Crippen LogP) is 0.487. The average molecular weight is 224 g/mol. The van der Waals surface area contributed by atoms with Crippen LogP contribution in [0.3, 0.4) is 0 Å². The largest absolute Gasteiger partial charge is 0.481 e. The number of carbonyl (C=O) groups is 1. The molecule has 0 aromatic heterocycles. The topological polar surface area (TPSA) is 43.8 Å². The van der Waals surface area contributed by atoms with Crippen LogP contribution in [0.25, 0.3) is 0 Å². The number of rotatable bonds is 2. The van der Waals surface area contributed by atoms with Crippen LogP contribution in [0.1, 0.15) is 19.3 Å². The summed E-state index contributed by atoms with van der Waals surface area (Å²) in [4.78, 5) is 15.9. The molecule has 2 atom stereocenters. The molecule has 4 saturated heterocycles. The van der Waals surface area contributed by atoms with Gasteiger partial charge in [-0.05, 0) is 44.8 Å². The van der Waals surface area contributed by atoms with Crippen LogP contribution in [0.5, 0.6) is 0 Å². The van der Waals surface area contributed by atoms with E-state index in [1.807, 2.05) is 0 Å². The van der Waals surface area contributed by atoms with E-state index in [0.29, 0.717) is 6.04 Å². The minimum absolute atomic E-state index is 0.115. The molecule has 4 aliphatic rings. The van der Waals surface area contributed by atoms with Crippen molar-refractivity contribution >= 4 is 5.97 Å². The quantitative estimate of drug-likeness (QED) is 0.741. The van der Waals surface area contributed by atoms with Crippen molar-refractivity contribution in [2.24, 2.45) is 11.8 Å². The zero-order chi connectivity index (χ0) is 11.1. The Bertz CT molecular complexity index is 287. The van der Waals surface area contributed by atoms with Gasteiger partial charge in [0.2, 0.25) is 0 Å². The zero-order valence-electron chi connectivity index (χ0n) is 9.64. The summed E-state index contributed by atoms with van der Waals surface area (Å²) in [6, 6.07) is 0.645. The van der Waals surface area contributed by atoms with Crippen LogP contribution >= 0.6 is 0 Å². The van der Waals surface area contributed by atoms with E-state index in [1.165, 1.54) is 32.5 Å². The number of hydrogen-bond acceptors (Lipinski definition) is 3. The van der Waals surface area contributed by atoms with E-state index in [9.17, 15) is 4.79 Å². The lowest BCUT2D eigenvalue weighted by Crippen LogP contribution is -2.56. The number of carboxylic acids is 1. The Kier molecular flexibility index (Phi) is 2.64. The Labute approximate surface area is 96.2 Å². The van der Waals surface area contributed by atoms with Crippen LogP contribution in [0.2, 0.25) is 0 Å². The van der Waals surface area contributed by atoms with Crippen LogP contribution in [0.4, 0.5) is 0 Å². The molecule has 0 saturated carbocycles. The first-order valence-corrected chi connectivity index (χ1v) is 6.43. The van der Waals surface area contributed by atoms with Crippen LogP contribution < -0.4 is 0 Å². The lowest BCUT2D eigenvalue weighted by Gasteiger charge is -2.48. The first-order chi connectivity index (χ1) is 7.74. The van der Waals surface area contributed by atoms with E-state index in [2.05, 4.69) is 9.80 Å². The summed E-state index contributed by atoms with van der Waals surface area (Å²) in [6.45, 7) is 5.47. The molecule has 4 fully saturated rings. The van der Waals surface area contributed by atoms with Crippen molar-refractivity contribution in [3.63, 3.8) is 0 Å². The average Bonchev–Trinajstić information content (AvgIpc) is 2.80. The Hall–Kier alpha value is -0.610. The molecule has 4 rings (SSSR count). The highest BCUT2D eigenvalue weighted by Gasteiger charge is 2.40. The molecule has 90 valence electrons. The van der Waals surface area contributed by atoms with E-state index in [0.717, 1.165) is 25.4 Å². The van der Waals surface area contributed by atoms with E-state index >= 15 is 0 Å². The summed E-state index contributed by atoms with van der Waals surface area (Å²) >= 11 is 0. The maximum absolute atomic E-state index is 11.0. The second-order valence-electron chi connectivity index (χ2n) is 5.52. The van der Waals surface area contributed by atoms with E-state index in [-0.39, 0.29) is 5.92 Å². The molecular formula is C12H20N2O2. The molecule has 0 radical (unpaired) electrons. The van der Waals surface area contributed by atoms with Gasteiger partial charge < -0.3 is 10.0 Å². The van der Waals surface area contributed by atoms with Gasteiger partial charge in [-0.25, -0.2) is 0 Å². The van der Waals surface area contributed by atoms with Gasteiger partial charge in [0.1, 0.15) is 0 Å². The van der Waals surface area contributed by atoms with Crippen molar-refractivity contribution < 1.29 is 9.90 Å². The maximum atomic E-state index is 11.0. The molecule has 16 heavy (non-hydrogen) atoms. The molecule has 4 heterocycles. The first-order valence-electron chi connectivity index (χ1n) is 6.43. The third kappa shape index (κ3) is 1.74. The van der Waals surface area contributed by atoms with Crippen LogP contribution in [-0.4, -0.2) is 59.6 Å². The van der Waals surface area contributed by atoms with E-state index in [1.54, 1.807) is 0 Å². The molecule has 4 nitrogen and oxygen atoms in total. The Morgan fingerprint density at radius 2 is 1.81 bits per heavy atom. The van der Waals surface area contributed by atoms with Gasteiger partial charge in [0.05, 0.1) is 5.92 Å². The fourth-order valence-corrected chi connectivity index (χ4v) is 3.64. The molecule has 4 aliphatic heterocycles. The van der Waals surface area contributed by atoms with Gasteiger partial charge in [-0.3, -0.25) is 9.69 Å². The SMILES string of the molecule is O=C(O)C1CCN(C2CN3CCC2CC3)C1. The van der Waals surface area contributed by atoms with Gasteiger partial charge in [-0.1, -0.05) is 0 Å². The van der Waals surface area contributed by atoms with Gasteiger partial charge in [-0.2, -0.15) is 0 Å².